The van der Waals surface area contributed by atoms with Crippen molar-refractivity contribution in [2.45, 2.75) is 26.2 Å². The molecule has 0 spiro atoms. The van der Waals surface area contributed by atoms with Gasteiger partial charge in [0.05, 0.1) is 11.1 Å². The Bertz CT molecular complexity index is 1040. The van der Waals surface area contributed by atoms with Gasteiger partial charge in [0.1, 0.15) is 0 Å². The average Bonchev–Trinajstić information content (AvgIpc) is 2.82. The maximum atomic E-state index is 13.0. The summed E-state index contributed by atoms with van der Waals surface area (Å²) in [5.74, 6) is 0. The molecule has 0 aliphatic heterocycles. The lowest BCUT2D eigenvalue weighted by molar-refractivity contribution is -0.138. The van der Waals surface area contributed by atoms with Gasteiger partial charge in [0.15, 0.2) is 0 Å². The molecule has 0 fully saturated rings. The first-order valence-corrected chi connectivity index (χ1v) is 11.5. The van der Waals surface area contributed by atoms with E-state index < -0.39 is 35.5 Å². The number of anilines is 2. The molecule has 0 atom stereocenters. The first-order chi connectivity index (χ1) is 17.3. The maximum Gasteiger partial charge on any atom is 0.416 e. The zero-order valence-electron chi connectivity index (χ0n) is 20.3. The van der Waals surface area contributed by atoms with Gasteiger partial charge in [-0.1, -0.05) is 26.0 Å². The van der Waals surface area contributed by atoms with Crippen LogP contribution in [0.15, 0.2) is 48.5 Å². The molecule has 2 rings (SSSR count). The third-order valence-electron chi connectivity index (χ3n) is 5.42. The van der Waals surface area contributed by atoms with Crippen LogP contribution in [-0.4, -0.2) is 61.1 Å². The summed E-state index contributed by atoms with van der Waals surface area (Å²) in [5.41, 5.74) is -1.93. The van der Waals surface area contributed by atoms with Crippen LogP contribution in [0.4, 0.5) is 47.3 Å². The van der Waals surface area contributed by atoms with E-state index in [4.69, 9.17) is 0 Å². The smallest absolute Gasteiger partial charge is 0.336 e. The Hall–Kier alpha value is -3.48. The number of likely N-dealkylation sites (N-methyl/N-ethyl adjacent to an activating group) is 1. The molecule has 0 bridgehead atoms. The molecule has 2 aromatic rings. The second-order valence-corrected chi connectivity index (χ2v) is 7.98. The van der Waals surface area contributed by atoms with Gasteiger partial charge in [-0.05, 0) is 49.5 Å². The van der Waals surface area contributed by atoms with Crippen LogP contribution in [0.2, 0.25) is 0 Å². The fourth-order valence-corrected chi connectivity index (χ4v) is 3.35. The second kappa shape index (κ2) is 13.2. The molecule has 0 aliphatic rings. The maximum absolute atomic E-state index is 13.0. The highest BCUT2D eigenvalue weighted by Gasteiger charge is 2.31. The number of rotatable bonds is 10. The summed E-state index contributed by atoms with van der Waals surface area (Å²) in [6, 6.07) is 6.90. The summed E-state index contributed by atoms with van der Waals surface area (Å²) in [6.45, 7) is 5.98. The Morgan fingerprint density at radius 2 is 1.27 bits per heavy atom. The van der Waals surface area contributed by atoms with Gasteiger partial charge in [0.2, 0.25) is 0 Å². The van der Waals surface area contributed by atoms with Crippen molar-refractivity contribution in [1.82, 2.24) is 15.1 Å². The average molecular weight is 534 g/mol. The standard InChI is InChI=1S/C24H29F6N5O2/c1-3-34(4-2)13-14-35(22(37)33-20-10-6-8-18(16-20)24(28,29)30)12-11-31-21(36)32-19-9-5-7-17(15-19)23(25,26)27/h5-10,15-16H,3-4,11-14H2,1-2H3,(H,33,37)(H2,31,32,36). The Morgan fingerprint density at radius 1 is 0.757 bits per heavy atom. The van der Waals surface area contributed by atoms with Gasteiger partial charge in [-0.25, -0.2) is 9.59 Å². The van der Waals surface area contributed by atoms with Gasteiger partial charge in [0, 0.05) is 37.6 Å². The fraction of sp³-hybridized carbons (Fsp3) is 0.417. The van der Waals surface area contributed by atoms with Crippen molar-refractivity contribution in [3.63, 3.8) is 0 Å². The van der Waals surface area contributed by atoms with E-state index in [0.29, 0.717) is 6.54 Å². The number of nitrogens with one attached hydrogen (secondary N) is 3. The van der Waals surface area contributed by atoms with Crippen molar-refractivity contribution in [2.75, 3.05) is 49.9 Å². The molecular weight excluding hydrogens is 504 g/mol. The highest BCUT2D eigenvalue weighted by molar-refractivity contribution is 5.90. The zero-order chi connectivity index (χ0) is 27.6. The van der Waals surface area contributed by atoms with Crippen LogP contribution in [0, 0.1) is 0 Å². The first kappa shape index (κ1) is 29.7. The van der Waals surface area contributed by atoms with Gasteiger partial charge >= 0.3 is 24.4 Å². The lowest BCUT2D eigenvalue weighted by Gasteiger charge is -2.27. The third kappa shape index (κ3) is 9.83. The number of benzene rings is 2. The minimum Gasteiger partial charge on any atom is -0.336 e. The molecule has 0 aliphatic carbocycles. The molecule has 0 unspecified atom stereocenters. The first-order valence-electron chi connectivity index (χ1n) is 11.5. The molecule has 0 aromatic heterocycles. The number of carbonyl (C=O) groups excluding carboxylic acids is 2. The van der Waals surface area contributed by atoms with Crippen LogP contribution in [0.5, 0.6) is 0 Å². The van der Waals surface area contributed by atoms with Crippen molar-refractivity contribution < 1.29 is 35.9 Å². The van der Waals surface area contributed by atoms with Gasteiger partial charge in [-0.3, -0.25) is 0 Å². The number of nitrogens with zero attached hydrogens (tertiary/aromatic N) is 2. The van der Waals surface area contributed by atoms with E-state index in [0.717, 1.165) is 43.4 Å². The molecule has 2 aromatic carbocycles. The number of hydrogen-bond donors (Lipinski definition) is 3. The van der Waals surface area contributed by atoms with Crippen LogP contribution >= 0.6 is 0 Å². The number of halogens is 6. The highest BCUT2D eigenvalue weighted by Crippen LogP contribution is 2.31. The summed E-state index contributed by atoms with van der Waals surface area (Å²) in [5, 5.41) is 7.22. The molecule has 0 radical (unpaired) electrons. The van der Waals surface area contributed by atoms with Crippen molar-refractivity contribution in [1.29, 1.82) is 0 Å². The predicted molar refractivity (Wildman–Crippen MR) is 128 cm³/mol. The predicted octanol–water partition coefficient (Wildman–Crippen LogP) is 5.72. The molecular formula is C24H29F6N5O2. The number of hydrogen-bond acceptors (Lipinski definition) is 3. The number of alkyl halides is 6. The van der Waals surface area contributed by atoms with E-state index in [1.54, 1.807) is 0 Å². The molecule has 204 valence electrons. The molecule has 0 saturated heterocycles. The van der Waals surface area contributed by atoms with E-state index >= 15 is 0 Å². The highest BCUT2D eigenvalue weighted by atomic mass is 19.4. The SMILES string of the molecule is CCN(CC)CCN(CCNC(=O)Nc1cccc(C(F)(F)F)c1)C(=O)Nc1cccc(C(F)(F)F)c1. The summed E-state index contributed by atoms with van der Waals surface area (Å²) in [6.07, 6.45) is -9.13. The Balaban J connectivity index is 2.01. The molecule has 4 amide bonds. The molecule has 0 heterocycles. The zero-order valence-corrected chi connectivity index (χ0v) is 20.3. The second-order valence-electron chi connectivity index (χ2n) is 7.98. The van der Waals surface area contributed by atoms with Gasteiger partial charge < -0.3 is 25.8 Å². The summed E-state index contributed by atoms with van der Waals surface area (Å²) < 4.78 is 77.6. The van der Waals surface area contributed by atoms with E-state index in [1.807, 2.05) is 18.7 Å². The summed E-state index contributed by atoms with van der Waals surface area (Å²) in [7, 11) is 0. The fourth-order valence-electron chi connectivity index (χ4n) is 3.35. The van der Waals surface area contributed by atoms with Crippen molar-refractivity contribution in [3.8, 4) is 0 Å². The molecule has 3 N–H and O–H groups in total. The quantitative estimate of drug-likeness (QED) is 0.342. The topological polar surface area (TPSA) is 76.7 Å². The van der Waals surface area contributed by atoms with Crippen LogP contribution in [0.3, 0.4) is 0 Å². The largest absolute Gasteiger partial charge is 0.416 e. The van der Waals surface area contributed by atoms with E-state index in [9.17, 15) is 35.9 Å². The molecule has 7 nitrogen and oxygen atoms in total. The van der Waals surface area contributed by atoms with Crippen molar-refractivity contribution in [3.05, 3.63) is 59.7 Å². The molecule has 13 heteroatoms. The monoisotopic (exact) mass is 533 g/mol. The van der Waals surface area contributed by atoms with E-state index in [2.05, 4.69) is 16.0 Å². The Labute approximate surface area is 210 Å². The van der Waals surface area contributed by atoms with Crippen LogP contribution in [0.25, 0.3) is 0 Å². The normalized spacial score (nSPS) is 11.8. The number of amides is 4. The van der Waals surface area contributed by atoms with Crippen molar-refractivity contribution in [2.24, 2.45) is 0 Å². The van der Waals surface area contributed by atoms with E-state index in [1.165, 1.54) is 23.1 Å². The van der Waals surface area contributed by atoms with Gasteiger partial charge in [-0.15, -0.1) is 0 Å². The lowest BCUT2D eigenvalue weighted by atomic mass is 10.2. The molecule has 37 heavy (non-hydrogen) atoms. The number of urea groups is 2. The van der Waals surface area contributed by atoms with Crippen LogP contribution < -0.4 is 16.0 Å². The summed E-state index contributed by atoms with van der Waals surface area (Å²) in [4.78, 5) is 28.4. The Morgan fingerprint density at radius 3 is 1.76 bits per heavy atom. The molecule has 0 saturated carbocycles. The number of carbonyl (C=O) groups is 2. The third-order valence-corrected chi connectivity index (χ3v) is 5.42. The van der Waals surface area contributed by atoms with E-state index in [-0.39, 0.29) is 31.0 Å². The minimum absolute atomic E-state index is 0.00206. The summed E-state index contributed by atoms with van der Waals surface area (Å²) >= 11 is 0. The van der Waals surface area contributed by atoms with Crippen LogP contribution in [-0.2, 0) is 12.4 Å². The van der Waals surface area contributed by atoms with Crippen molar-refractivity contribution >= 4 is 23.4 Å². The van der Waals surface area contributed by atoms with Gasteiger partial charge in [0.25, 0.3) is 0 Å². The van der Waals surface area contributed by atoms with Gasteiger partial charge in [-0.2, -0.15) is 26.3 Å². The minimum atomic E-state index is -4.57. The van der Waals surface area contributed by atoms with Crippen LogP contribution in [0.1, 0.15) is 25.0 Å². The lowest BCUT2D eigenvalue weighted by Crippen LogP contribution is -2.45. The Kier molecular flexibility index (Phi) is 10.6.